The van der Waals surface area contributed by atoms with Gasteiger partial charge in [0.25, 0.3) is 0 Å². The molecule has 1 aliphatic heterocycles. The molecular weight excluding hydrogens is 262 g/mol. The predicted octanol–water partition coefficient (Wildman–Crippen LogP) is 3.02. The number of rotatable bonds is 3. The summed E-state index contributed by atoms with van der Waals surface area (Å²) >= 11 is 0. The van der Waals surface area contributed by atoms with E-state index < -0.39 is 0 Å². The van der Waals surface area contributed by atoms with E-state index in [1.54, 1.807) is 0 Å². The molecule has 0 saturated carbocycles. The molecule has 0 radical (unpaired) electrons. The first-order chi connectivity index (χ1) is 10.1. The highest BCUT2D eigenvalue weighted by atomic mass is 15.1. The van der Waals surface area contributed by atoms with Crippen LogP contribution in [-0.2, 0) is 0 Å². The fraction of sp³-hybridized carbons (Fsp3) is 0.375. The summed E-state index contributed by atoms with van der Waals surface area (Å²) in [5, 5.41) is 3.32. The van der Waals surface area contributed by atoms with E-state index in [9.17, 15) is 0 Å². The Bertz CT molecular complexity index is 630. The highest BCUT2D eigenvalue weighted by molar-refractivity contribution is 5.65. The average molecular weight is 283 g/mol. The number of nitrogens with zero attached hydrogens (tertiary/aromatic N) is 3. The van der Waals surface area contributed by atoms with Crippen LogP contribution in [-0.4, -0.2) is 23.1 Å². The van der Waals surface area contributed by atoms with E-state index in [1.165, 1.54) is 18.5 Å². The molecule has 0 unspecified atom stereocenters. The third-order valence-electron chi connectivity index (χ3n) is 3.90. The van der Waals surface area contributed by atoms with Crippen LogP contribution in [0, 0.1) is 13.8 Å². The maximum absolute atomic E-state index is 5.88. The fourth-order valence-electron chi connectivity index (χ4n) is 2.64. The van der Waals surface area contributed by atoms with Crippen molar-refractivity contribution in [3.63, 3.8) is 0 Å². The molecule has 3 rings (SSSR count). The zero-order chi connectivity index (χ0) is 14.8. The van der Waals surface area contributed by atoms with Crippen molar-refractivity contribution < 1.29 is 0 Å². The van der Waals surface area contributed by atoms with Gasteiger partial charge in [0.15, 0.2) is 0 Å². The van der Waals surface area contributed by atoms with E-state index >= 15 is 0 Å². The van der Waals surface area contributed by atoms with Crippen molar-refractivity contribution in [1.29, 1.82) is 0 Å². The van der Waals surface area contributed by atoms with Crippen LogP contribution in [0.25, 0.3) is 0 Å². The normalized spacial score (nSPS) is 14.5. The molecule has 5 heteroatoms. The summed E-state index contributed by atoms with van der Waals surface area (Å²) in [6.45, 7) is 6.09. The number of aromatic nitrogens is 2. The molecule has 1 aromatic carbocycles. The Balaban J connectivity index is 1.79. The van der Waals surface area contributed by atoms with Gasteiger partial charge in [-0.25, -0.2) is 9.97 Å². The van der Waals surface area contributed by atoms with Crippen LogP contribution in [0.3, 0.4) is 0 Å². The van der Waals surface area contributed by atoms with Crippen molar-refractivity contribution in [2.45, 2.75) is 26.7 Å². The minimum Gasteiger partial charge on any atom is -0.383 e. The maximum Gasteiger partial charge on any atom is 0.139 e. The lowest BCUT2D eigenvalue weighted by molar-refractivity contribution is 0.949. The number of anilines is 4. The van der Waals surface area contributed by atoms with Crippen LogP contribution in [0.1, 0.15) is 24.2 Å². The Morgan fingerprint density at radius 2 is 1.71 bits per heavy atom. The van der Waals surface area contributed by atoms with Gasteiger partial charge in [-0.3, -0.25) is 0 Å². The van der Waals surface area contributed by atoms with Crippen molar-refractivity contribution >= 4 is 23.0 Å². The number of hydrogen-bond acceptors (Lipinski definition) is 5. The number of nitrogen functional groups attached to an aromatic ring is 1. The maximum atomic E-state index is 5.88. The smallest absolute Gasteiger partial charge is 0.139 e. The van der Waals surface area contributed by atoms with Gasteiger partial charge in [-0.1, -0.05) is 0 Å². The molecule has 21 heavy (non-hydrogen) atoms. The summed E-state index contributed by atoms with van der Waals surface area (Å²) < 4.78 is 0. The standard InChI is InChI=1S/C16H21N5/c1-11-15(17)18-12(2)19-16(11)20-13-5-7-14(8-6-13)21-9-3-4-10-21/h5-8H,3-4,9-10H2,1-2H3,(H3,17,18,19,20). The Hall–Kier alpha value is -2.30. The molecule has 2 aromatic rings. The van der Waals surface area contributed by atoms with E-state index in [0.29, 0.717) is 11.6 Å². The van der Waals surface area contributed by atoms with Crippen LogP contribution in [0.4, 0.5) is 23.0 Å². The lowest BCUT2D eigenvalue weighted by Crippen LogP contribution is -2.17. The number of nitrogens with two attached hydrogens (primary N) is 1. The fourth-order valence-corrected chi connectivity index (χ4v) is 2.64. The van der Waals surface area contributed by atoms with Gasteiger partial charge in [0.05, 0.1) is 0 Å². The molecule has 0 atom stereocenters. The zero-order valence-electron chi connectivity index (χ0n) is 12.6. The first kappa shape index (κ1) is 13.7. The summed E-state index contributed by atoms with van der Waals surface area (Å²) in [7, 11) is 0. The molecule has 3 N–H and O–H groups in total. The second-order valence-electron chi connectivity index (χ2n) is 5.50. The third kappa shape index (κ3) is 2.91. The minimum absolute atomic E-state index is 0.527. The first-order valence-electron chi connectivity index (χ1n) is 7.36. The quantitative estimate of drug-likeness (QED) is 0.906. The van der Waals surface area contributed by atoms with E-state index in [0.717, 1.165) is 30.2 Å². The summed E-state index contributed by atoms with van der Waals surface area (Å²) in [5.74, 6) is 1.97. The molecule has 1 aromatic heterocycles. The summed E-state index contributed by atoms with van der Waals surface area (Å²) in [4.78, 5) is 11.0. The summed E-state index contributed by atoms with van der Waals surface area (Å²) in [5.41, 5.74) is 9.06. The lowest BCUT2D eigenvalue weighted by Gasteiger charge is -2.18. The van der Waals surface area contributed by atoms with Gasteiger partial charge < -0.3 is 16.0 Å². The topological polar surface area (TPSA) is 67.1 Å². The molecule has 0 bridgehead atoms. The second kappa shape index (κ2) is 5.60. The number of hydrogen-bond donors (Lipinski definition) is 2. The van der Waals surface area contributed by atoms with Crippen molar-refractivity contribution in [3.05, 3.63) is 35.7 Å². The van der Waals surface area contributed by atoms with Gasteiger partial charge in [0.1, 0.15) is 17.5 Å². The Morgan fingerprint density at radius 3 is 2.38 bits per heavy atom. The van der Waals surface area contributed by atoms with E-state index in [2.05, 4.69) is 44.5 Å². The van der Waals surface area contributed by atoms with Crippen LogP contribution in [0.15, 0.2) is 24.3 Å². The molecule has 0 spiro atoms. The monoisotopic (exact) mass is 283 g/mol. The van der Waals surface area contributed by atoms with E-state index in [-0.39, 0.29) is 0 Å². The molecule has 2 heterocycles. The molecule has 1 saturated heterocycles. The number of nitrogens with one attached hydrogen (secondary N) is 1. The van der Waals surface area contributed by atoms with Gasteiger partial charge in [0.2, 0.25) is 0 Å². The molecular formula is C16H21N5. The van der Waals surface area contributed by atoms with Crippen LogP contribution >= 0.6 is 0 Å². The van der Waals surface area contributed by atoms with Crippen molar-refractivity contribution in [2.24, 2.45) is 0 Å². The summed E-state index contributed by atoms with van der Waals surface area (Å²) in [6, 6.07) is 8.47. The molecule has 1 fully saturated rings. The van der Waals surface area contributed by atoms with E-state index in [4.69, 9.17) is 5.73 Å². The highest BCUT2D eigenvalue weighted by Crippen LogP contribution is 2.25. The van der Waals surface area contributed by atoms with Gasteiger partial charge in [0, 0.05) is 30.0 Å². The van der Waals surface area contributed by atoms with Gasteiger partial charge in [-0.05, 0) is 51.0 Å². The van der Waals surface area contributed by atoms with Gasteiger partial charge >= 0.3 is 0 Å². The minimum atomic E-state index is 0.527. The Morgan fingerprint density at radius 1 is 1.05 bits per heavy atom. The highest BCUT2D eigenvalue weighted by Gasteiger charge is 2.12. The van der Waals surface area contributed by atoms with Crippen LogP contribution < -0.4 is 16.0 Å². The van der Waals surface area contributed by atoms with Crippen molar-refractivity contribution in [3.8, 4) is 0 Å². The van der Waals surface area contributed by atoms with Gasteiger partial charge in [-0.15, -0.1) is 0 Å². The summed E-state index contributed by atoms with van der Waals surface area (Å²) in [6.07, 6.45) is 2.58. The molecule has 5 nitrogen and oxygen atoms in total. The van der Waals surface area contributed by atoms with Crippen LogP contribution in [0.2, 0.25) is 0 Å². The first-order valence-corrected chi connectivity index (χ1v) is 7.36. The molecule has 0 amide bonds. The molecule has 110 valence electrons. The Kier molecular flexibility index (Phi) is 3.64. The Labute approximate surface area is 125 Å². The van der Waals surface area contributed by atoms with Crippen LogP contribution in [0.5, 0.6) is 0 Å². The van der Waals surface area contributed by atoms with E-state index in [1.807, 2.05) is 13.8 Å². The third-order valence-corrected chi connectivity index (χ3v) is 3.90. The number of aryl methyl sites for hydroxylation is 1. The lowest BCUT2D eigenvalue weighted by atomic mass is 10.2. The SMILES string of the molecule is Cc1nc(N)c(C)c(Nc2ccc(N3CCCC3)cc2)n1. The average Bonchev–Trinajstić information content (AvgIpc) is 2.99. The van der Waals surface area contributed by atoms with Crippen molar-refractivity contribution in [2.75, 3.05) is 29.0 Å². The second-order valence-corrected chi connectivity index (χ2v) is 5.50. The van der Waals surface area contributed by atoms with Crippen molar-refractivity contribution in [1.82, 2.24) is 9.97 Å². The zero-order valence-corrected chi connectivity index (χ0v) is 12.6. The number of benzene rings is 1. The molecule has 0 aliphatic carbocycles. The predicted molar refractivity (Wildman–Crippen MR) is 87.1 cm³/mol. The van der Waals surface area contributed by atoms with Gasteiger partial charge in [-0.2, -0.15) is 0 Å². The molecule has 1 aliphatic rings. The largest absolute Gasteiger partial charge is 0.383 e.